The molecule has 0 aromatic carbocycles. The van der Waals surface area contributed by atoms with Crippen molar-refractivity contribution in [3.8, 4) is 0 Å². The summed E-state index contributed by atoms with van der Waals surface area (Å²) in [6.07, 6.45) is 4.76. The van der Waals surface area contributed by atoms with E-state index >= 15 is 0 Å². The zero-order valence-electron chi connectivity index (χ0n) is 20.7. The van der Waals surface area contributed by atoms with Gasteiger partial charge in [0, 0.05) is 38.2 Å². The third kappa shape index (κ3) is 7.63. The molecule has 0 atom stereocenters. The number of halogens is 4. The number of alkyl halides is 3. The summed E-state index contributed by atoms with van der Waals surface area (Å²) in [5.41, 5.74) is -4.81. The fourth-order valence-corrected chi connectivity index (χ4v) is 4.44. The van der Waals surface area contributed by atoms with E-state index in [9.17, 15) is 18.0 Å². The SMILES string of the molecule is CC(C)CN(c1ncc(C(C)(C)C(=O)NSC(F)(F)F)cc1Nc1ccc(Cl)cn1)C1CCOCC1. The maximum absolute atomic E-state index is 12.7. The van der Waals surface area contributed by atoms with Crippen LogP contribution in [-0.4, -0.2) is 47.2 Å². The predicted octanol–water partition coefficient (Wildman–Crippen LogP) is 6.08. The average molecular weight is 546 g/mol. The smallest absolute Gasteiger partial charge is 0.381 e. The standard InChI is InChI=1S/C24H31ClF3N5O2S/c1-15(2)14-33(18-7-9-35-10-8-18)21-19(31-20-6-5-17(25)13-29-20)11-16(12-30-21)23(3,4)22(34)32-36-24(26,27)28/h5-6,11-13,15,18H,7-10,14H2,1-4H3,(H,29,31)(H,32,34). The van der Waals surface area contributed by atoms with E-state index in [-0.39, 0.29) is 6.04 Å². The Morgan fingerprint density at radius 3 is 2.50 bits per heavy atom. The number of hydrogen-bond acceptors (Lipinski definition) is 7. The van der Waals surface area contributed by atoms with E-state index in [4.69, 9.17) is 21.3 Å². The van der Waals surface area contributed by atoms with Crippen LogP contribution >= 0.6 is 23.5 Å². The van der Waals surface area contributed by atoms with Gasteiger partial charge in [-0.05, 0) is 56.4 Å². The van der Waals surface area contributed by atoms with Crippen LogP contribution in [0.4, 0.5) is 30.5 Å². The highest BCUT2D eigenvalue weighted by Crippen LogP contribution is 2.36. The molecule has 0 spiro atoms. The van der Waals surface area contributed by atoms with Crippen LogP contribution in [-0.2, 0) is 14.9 Å². The molecule has 3 rings (SSSR count). The summed E-state index contributed by atoms with van der Waals surface area (Å²) in [4.78, 5) is 24.0. The fourth-order valence-electron chi connectivity index (χ4n) is 3.87. The number of nitrogens with one attached hydrogen (secondary N) is 2. The van der Waals surface area contributed by atoms with Crippen LogP contribution < -0.4 is 14.9 Å². The zero-order chi connectivity index (χ0) is 26.5. The van der Waals surface area contributed by atoms with Crippen molar-refractivity contribution in [2.45, 2.75) is 57.5 Å². The summed E-state index contributed by atoms with van der Waals surface area (Å²) in [6.45, 7) is 9.42. The Kier molecular flexibility index (Phi) is 9.34. The first-order valence-corrected chi connectivity index (χ1v) is 12.8. The first-order valence-electron chi connectivity index (χ1n) is 11.7. The molecule has 7 nitrogen and oxygen atoms in total. The number of carbonyl (C=O) groups excluding carboxylic acids is 1. The third-order valence-electron chi connectivity index (χ3n) is 5.87. The van der Waals surface area contributed by atoms with Crippen molar-refractivity contribution in [2.24, 2.45) is 5.92 Å². The van der Waals surface area contributed by atoms with Crippen molar-refractivity contribution in [1.82, 2.24) is 14.7 Å². The highest BCUT2D eigenvalue weighted by atomic mass is 35.5. The minimum Gasteiger partial charge on any atom is -0.381 e. The number of anilines is 3. The van der Waals surface area contributed by atoms with Crippen molar-refractivity contribution in [3.05, 3.63) is 41.2 Å². The van der Waals surface area contributed by atoms with Crippen molar-refractivity contribution in [2.75, 3.05) is 30.0 Å². The van der Waals surface area contributed by atoms with E-state index in [2.05, 4.69) is 29.0 Å². The molecule has 0 radical (unpaired) electrons. The summed E-state index contributed by atoms with van der Waals surface area (Å²) in [5.74, 6) is 0.763. The maximum atomic E-state index is 12.7. The molecule has 0 unspecified atom stereocenters. The van der Waals surface area contributed by atoms with E-state index in [0.717, 1.165) is 19.4 Å². The summed E-state index contributed by atoms with van der Waals surface area (Å²) in [7, 11) is 0. The second-order valence-corrected chi connectivity index (χ2v) is 10.9. The van der Waals surface area contributed by atoms with E-state index in [1.807, 2.05) is 4.72 Å². The van der Waals surface area contributed by atoms with Crippen molar-refractivity contribution >= 4 is 46.8 Å². The van der Waals surface area contributed by atoms with Crippen LogP contribution in [0.15, 0.2) is 30.6 Å². The molecule has 0 aliphatic carbocycles. The Labute approximate surface area is 218 Å². The minimum absolute atomic E-state index is 0.206. The summed E-state index contributed by atoms with van der Waals surface area (Å²) in [6, 6.07) is 5.38. The summed E-state index contributed by atoms with van der Waals surface area (Å²) in [5, 5.41) is 3.76. The van der Waals surface area contributed by atoms with Gasteiger partial charge in [0.25, 0.3) is 0 Å². The molecule has 36 heavy (non-hydrogen) atoms. The lowest BCUT2D eigenvalue weighted by atomic mass is 9.84. The Balaban J connectivity index is 2.02. The predicted molar refractivity (Wildman–Crippen MR) is 138 cm³/mol. The molecule has 3 heterocycles. The molecule has 198 valence electrons. The molecule has 12 heteroatoms. The third-order valence-corrected chi connectivity index (χ3v) is 6.61. The molecular formula is C24H31ClF3N5O2S. The molecule has 2 aromatic heterocycles. The molecule has 1 aliphatic heterocycles. The maximum Gasteiger partial charge on any atom is 0.461 e. The summed E-state index contributed by atoms with van der Waals surface area (Å²) >= 11 is 5.41. The Morgan fingerprint density at radius 1 is 1.22 bits per heavy atom. The number of ether oxygens (including phenoxy) is 1. The normalized spacial score (nSPS) is 15.1. The topological polar surface area (TPSA) is 79.4 Å². The number of nitrogens with zero attached hydrogens (tertiary/aromatic N) is 3. The Morgan fingerprint density at radius 2 is 1.92 bits per heavy atom. The molecular weight excluding hydrogens is 515 g/mol. The minimum atomic E-state index is -4.58. The van der Waals surface area contributed by atoms with Gasteiger partial charge in [-0.3, -0.25) is 9.52 Å². The molecule has 1 fully saturated rings. The van der Waals surface area contributed by atoms with Crippen molar-refractivity contribution in [1.29, 1.82) is 0 Å². The summed E-state index contributed by atoms with van der Waals surface area (Å²) < 4.78 is 45.4. The second kappa shape index (κ2) is 11.9. The van der Waals surface area contributed by atoms with Gasteiger partial charge in [0.15, 0.2) is 5.82 Å². The second-order valence-electron chi connectivity index (χ2n) is 9.58. The number of hydrogen-bond donors (Lipinski definition) is 2. The van der Waals surface area contributed by atoms with Crippen molar-refractivity contribution < 1.29 is 22.7 Å². The number of aromatic nitrogens is 2. The van der Waals surface area contributed by atoms with Gasteiger partial charge >= 0.3 is 5.51 Å². The first-order chi connectivity index (χ1) is 16.9. The highest BCUT2D eigenvalue weighted by molar-refractivity contribution is 7.98. The van der Waals surface area contributed by atoms with Gasteiger partial charge in [-0.15, -0.1) is 0 Å². The monoisotopic (exact) mass is 545 g/mol. The van der Waals surface area contributed by atoms with Crippen LogP contribution in [0.1, 0.15) is 46.1 Å². The lowest BCUT2D eigenvalue weighted by Gasteiger charge is -2.37. The van der Waals surface area contributed by atoms with Gasteiger partial charge in [0.05, 0.1) is 28.1 Å². The Bertz CT molecular complexity index is 1030. The van der Waals surface area contributed by atoms with E-state index in [0.29, 0.717) is 47.0 Å². The molecule has 1 aliphatic rings. The number of pyridine rings is 2. The van der Waals surface area contributed by atoms with Gasteiger partial charge in [-0.1, -0.05) is 25.4 Å². The molecule has 2 N–H and O–H groups in total. The lowest BCUT2D eigenvalue weighted by Crippen LogP contribution is -2.42. The fraction of sp³-hybridized carbons (Fsp3) is 0.542. The first kappa shape index (κ1) is 28.3. The van der Waals surface area contributed by atoms with Gasteiger partial charge in [0.2, 0.25) is 5.91 Å². The molecule has 0 saturated carbocycles. The van der Waals surface area contributed by atoms with Gasteiger partial charge < -0.3 is 15.0 Å². The Hall–Kier alpha value is -2.24. The molecule has 0 bridgehead atoms. The molecule has 2 aromatic rings. The van der Waals surface area contributed by atoms with Crippen LogP contribution in [0.2, 0.25) is 5.02 Å². The van der Waals surface area contributed by atoms with Crippen LogP contribution in [0, 0.1) is 5.92 Å². The highest BCUT2D eigenvalue weighted by Gasteiger charge is 2.36. The van der Waals surface area contributed by atoms with Gasteiger partial charge in [-0.2, -0.15) is 13.2 Å². The zero-order valence-corrected chi connectivity index (χ0v) is 22.2. The lowest BCUT2D eigenvalue weighted by molar-refractivity contribution is -0.124. The van der Waals surface area contributed by atoms with Crippen molar-refractivity contribution in [3.63, 3.8) is 0 Å². The molecule has 1 amide bonds. The van der Waals surface area contributed by atoms with Gasteiger partial charge in [0.1, 0.15) is 5.82 Å². The van der Waals surface area contributed by atoms with Crippen LogP contribution in [0.5, 0.6) is 0 Å². The van der Waals surface area contributed by atoms with Gasteiger partial charge in [-0.25, -0.2) is 9.97 Å². The van der Waals surface area contributed by atoms with E-state index < -0.39 is 28.8 Å². The number of rotatable bonds is 9. The number of carbonyl (C=O) groups is 1. The van der Waals surface area contributed by atoms with Crippen LogP contribution in [0.3, 0.4) is 0 Å². The number of amides is 1. The molecule has 1 saturated heterocycles. The average Bonchev–Trinajstić information content (AvgIpc) is 2.82. The largest absolute Gasteiger partial charge is 0.461 e. The van der Waals surface area contributed by atoms with E-state index in [1.54, 1.807) is 38.2 Å². The van der Waals surface area contributed by atoms with Crippen LogP contribution in [0.25, 0.3) is 0 Å². The van der Waals surface area contributed by atoms with E-state index in [1.165, 1.54) is 6.20 Å². The quantitative estimate of drug-likeness (QED) is 0.370.